The van der Waals surface area contributed by atoms with E-state index < -0.39 is 0 Å². The molecule has 21 heavy (non-hydrogen) atoms. The molecule has 2 fully saturated rings. The van der Waals surface area contributed by atoms with Crippen molar-refractivity contribution in [2.45, 2.75) is 64.1 Å². The Bertz CT molecular complexity index is 485. The van der Waals surface area contributed by atoms with Crippen LogP contribution in [0.4, 0.5) is 0 Å². The van der Waals surface area contributed by atoms with Gasteiger partial charge in [-0.2, -0.15) is 5.10 Å². The van der Waals surface area contributed by atoms with Gasteiger partial charge in [0.05, 0.1) is 23.4 Å². The van der Waals surface area contributed by atoms with Gasteiger partial charge in [-0.25, -0.2) is 0 Å². The Balaban J connectivity index is 1.71. The summed E-state index contributed by atoms with van der Waals surface area (Å²) in [4.78, 5) is 2.37. The Hall–Kier alpha value is -0.910. The topological polar surface area (TPSA) is 39.5 Å². The van der Waals surface area contributed by atoms with E-state index in [1.807, 2.05) is 6.20 Å². The van der Waals surface area contributed by atoms with Crippen molar-refractivity contribution in [2.24, 2.45) is 0 Å². The van der Waals surface area contributed by atoms with Gasteiger partial charge in [0.15, 0.2) is 6.29 Å². The lowest BCUT2D eigenvalue weighted by molar-refractivity contribution is -0.0896. The number of aromatic nitrogens is 2. The van der Waals surface area contributed by atoms with Crippen molar-refractivity contribution in [3.8, 4) is 0 Å². The molecule has 0 bridgehead atoms. The molecule has 0 spiro atoms. The van der Waals surface area contributed by atoms with Gasteiger partial charge >= 0.3 is 0 Å². The van der Waals surface area contributed by atoms with Gasteiger partial charge in [0.25, 0.3) is 0 Å². The first-order valence-electron chi connectivity index (χ1n) is 7.87. The molecule has 0 saturated carbocycles. The highest BCUT2D eigenvalue weighted by Crippen LogP contribution is 2.44. The summed E-state index contributed by atoms with van der Waals surface area (Å²) in [6, 6.07) is 0.498. The molecule has 0 atom stereocenters. The Morgan fingerprint density at radius 1 is 1.10 bits per heavy atom. The first-order chi connectivity index (χ1) is 9.78. The van der Waals surface area contributed by atoms with Crippen LogP contribution in [0.15, 0.2) is 12.4 Å². The minimum absolute atomic E-state index is 0.298. The van der Waals surface area contributed by atoms with E-state index in [-0.39, 0.29) is 17.5 Å². The average molecular weight is 293 g/mol. The number of piperidine rings is 1. The molecule has 0 N–H and O–H groups in total. The Morgan fingerprint density at radius 3 is 2.24 bits per heavy atom. The fourth-order valence-electron chi connectivity index (χ4n) is 2.91. The van der Waals surface area contributed by atoms with Crippen LogP contribution in [-0.4, -0.2) is 46.0 Å². The predicted molar refractivity (Wildman–Crippen MR) is 81.1 cm³/mol. The first-order valence-corrected chi connectivity index (χ1v) is 7.87. The summed E-state index contributed by atoms with van der Waals surface area (Å²) >= 11 is 0. The Labute approximate surface area is 127 Å². The zero-order chi connectivity index (χ0) is 15.3. The zero-order valence-corrected chi connectivity index (χ0v) is 13.8. The molecule has 5 nitrogen and oxygen atoms in total. The number of hydrogen-bond donors (Lipinski definition) is 0. The highest BCUT2D eigenvalue weighted by molar-refractivity contribution is 5.11. The van der Waals surface area contributed by atoms with Crippen LogP contribution in [0.2, 0.25) is 0 Å². The summed E-state index contributed by atoms with van der Waals surface area (Å²) in [5.74, 6) is 0. The third-order valence-electron chi connectivity index (χ3n) is 5.21. The monoisotopic (exact) mass is 293 g/mol. The number of nitrogens with zero attached hydrogens (tertiary/aromatic N) is 3. The maximum atomic E-state index is 6.08. The molecule has 3 rings (SSSR count). The molecule has 0 unspecified atom stereocenters. The lowest BCUT2D eigenvalue weighted by Gasteiger charge is -2.30. The van der Waals surface area contributed by atoms with Gasteiger partial charge in [0.1, 0.15) is 0 Å². The third kappa shape index (κ3) is 2.74. The minimum Gasteiger partial charge on any atom is -0.339 e. The van der Waals surface area contributed by atoms with Gasteiger partial charge < -0.3 is 14.4 Å². The van der Waals surface area contributed by atoms with Crippen molar-refractivity contribution in [1.29, 1.82) is 0 Å². The molecule has 3 heterocycles. The number of hydrogen-bond acceptors (Lipinski definition) is 4. The molecule has 1 aromatic rings. The lowest BCUT2D eigenvalue weighted by atomic mass is 9.90. The van der Waals surface area contributed by atoms with Gasteiger partial charge in [0.2, 0.25) is 0 Å². The largest absolute Gasteiger partial charge is 0.339 e. The molecule has 118 valence electrons. The van der Waals surface area contributed by atoms with E-state index in [0.29, 0.717) is 6.04 Å². The SMILES string of the molecule is CN1CCC(n2cc(C3OC(C)(C)C(C)(C)O3)cn2)CC1. The van der Waals surface area contributed by atoms with Crippen molar-refractivity contribution in [3.05, 3.63) is 18.0 Å². The second kappa shape index (κ2) is 5.07. The zero-order valence-electron chi connectivity index (χ0n) is 13.8. The normalized spacial score (nSPS) is 27.3. The summed E-state index contributed by atoms with van der Waals surface area (Å²) in [5, 5.41) is 4.54. The second-order valence-electron chi connectivity index (χ2n) is 7.38. The molecule has 0 radical (unpaired) electrons. The quantitative estimate of drug-likeness (QED) is 0.840. The van der Waals surface area contributed by atoms with E-state index in [4.69, 9.17) is 9.47 Å². The van der Waals surface area contributed by atoms with E-state index in [1.54, 1.807) is 0 Å². The van der Waals surface area contributed by atoms with Gasteiger partial charge in [-0.3, -0.25) is 4.68 Å². The molecule has 5 heteroatoms. The summed E-state index contributed by atoms with van der Waals surface area (Å²) in [6.45, 7) is 10.6. The highest BCUT2D eigenvalue weighted by Gasteiger charge is 2.49. The smallest absolute Gasteiger partial charge is 0.188 e. The van der Waals surface area contributed by atoms with Crippen molar-refractivity contribution >= 4 is 0 Å². The first kappa shape index (κ1) is 15.0. The lowest BCUT2D eigenvalue weighted by Crippen LogP contribution is -2.41. The Kier molecular flexibility index (Phi) is 3.62. The van der Waals surface area contributed by atoms with Crippen molar-refractivity contribution in [1.82, 2.24) is 14.7 Å². The number of ether oxygens (including phenoxy) is 2. The molecule has 1 aromatic heterocycles. The third-order valence-corrected chi connectivity index (χ3v) is 5.21. The van der Waals surface area contributed by atoms with E-state index in [9.17, 15) is 0 Å². The van der Waals surface area contributed by atoms with Crippen LogP contribution in [0, 0.1) is 0 Å². The van der Waals surface area contributed by atoms with Crippen LogP contribution in [0.3, 0.4) is 0 Å². The minimum atomic E-state index is -0.310. The van der Waals surface area contributed by atoms with Crippen LogP contribution in [-0.2, 0) is 9.47 Å². The van der Waals surface area contributed by atoms with E-state index in [1.165, 1.54) is 0 Å². The van der Waals surface area contributed by atoms with Crippen LogP contribution >= 0.6 is 0 Å². The van der Waals surface area contributed by atoms with E-state index in [2.05, 4.69) is 55.6 Å². The van der Waals surface area contributed by atoms with Gasteiger partial charge in [0, 0.05) is 11.8 Å². The Morgan fingerprint density at radius 2 is 1.67 bits per heavy atom. The fraction of sp³-hybridized carbons (Fsp3) is 0.812. The van der Waals surface area contributed by atoms with Gasteiger partial charge in [-0.15, -0.1) is 0 Å². The van der Waals surface area contributed by atoms with Crippen molar-refractivity contribution in [3.63, 3.8) is 0 Å². The molecule has 2 aliphatic rings. The summed E-state index contributed by atoms with van der Waals surface area (Å²) in [5.41, 5.74) is 0.424. The maximum absolute atomic E-state index is 6.08. The number of rotatable bonds is 2. The fourth-order valence-corrected chi connectivity index (χ4v) is 2.91. The molecule has 0 amide bonds. The molecule has 2 aliphatic heterocycles. The molecular weight excluding hydrogens is 266 g/mol. The summed E-state index contributed by atoms with van der Waals surface area (Å²) in [7, 11) is 2.18. The van der Waals surface area contributed by atoms with Crippen LogP contribution in [0.25, 0.3) is 0 Å². The standard InChI is InChI=1S/C16H27N3O2/c1-15(2)16(3,4)21-14(20-15)12-10-17-19(11-12)13-6-8-18(5)9-7-13/h10-11,13-14H,6-9H2,1-5H3. The predicted octanol–water partition coefficient (Wildman–Crippen LogP) is 2.75. The summed E-state index contributed by atoms with van der Waals surface area (Å²) < 4.78 is 14.3. The second-order valence-corrected chi connectivity index (χ2v) is 7.38. The van der Waals surface area contributed by atoms with Gasteiger partial charge in [-0.1, -0.05) is 0 Å². The average Bonchev–Trinajstić information content (AvgIpc) is 2.94. The van der Waals surface area contributed by atoms with Crippen LogP contribution in [0.5, 0.6) is 0 Å². The van der Waals surface area contributed by atoms with E-state index in [0.717, 1.165) is 31.5 Å². The molecule has 2 saturated heterocycles. The van der Waals surface area contributed by atoms with Crippen molar-refractivity contribution in [2.75, 3.05) is 20.1 Å². The summed E-state index contributed by atoms with van der Waals surface area (Å²) in [6.07, 6.45) is 5.98. The number of likely N-dealkylation sites (tertiary alicyclic amines) is 1. The maximum Gasteiger partial charge on any atom is 0.188 e. The molecular formula is C16H27N3O2. The highest BCUT2D eigenvalue weighted by atomic mass is 16.7. The van der Waals surface area contributed by atoms with E-state index >= 15 is 0 Å². The molecule has 0 aromatic carbocycles. The van der Waals surface area contributed by atoms with Crippen molar-refractivity contribution < 1.29 is 9.47 Å². The van der Waals surface area contributed by atoms with Crippen LogP contribution < -0.4 is 0 Å². The van der Waals surface area contributed by atoms with Gasteiger partial charge in [-0.05, 0) is 60.7 Å². The van der Waals surface area contributed by atoms with Crippen LogP contribution in [0.1, 0.15) is 58.4 Å². The molecule has 0 aliphatic carbocycles.